The fourth-order valence-corrected chi connectivity index (χ4v) is 3.64. The molecule has 0 radical (unpaired) electrons. The number of nitrogens with zero attached hydrogens (tertiary/aromatic N) is 2. The van der Waals surface area contributed by atoms with Crippen LogP contribution in [0.25, 0.3) is 0 Å². The van der Waals surface area contributed by atoms with Gasteiger partial charge in [0.15, 0.2) is 0 Å². The smallest absolute Gasteiger partial charge is 0.0782 e. The Morgan fingerprint density at radius 3 is 2.50 bits per heavy atom. The summed E-state index contributed by atoms with van der Waals surface area (Å²) < 4.78 is 0. The lowest BCUT2D eigenvalue weighted by Crippen LogP contribution is -2.44. The van der Waals surface area contributed by atoms with E-state index in [2.05, 4.69) is 43.0 Å². The first-order chi connectivity index (χ1) is 9.49. The third-order valence-corrected chi connectivity index (χ3v) is 4.82. The molecule has 1 aliphatic carbocycles. The molecule has 4 unspecified atom stereocenters. The predicted octanol–water partition coefficient (Wildman–Crippen LogP) is 3.90. The minimum Gasteiger partial charge on any atom is -0.306 e. The highest BCUT2D eigenvalue weighted by Crippen LogP contribution is 2.34. The summed E-state index contributed by atoms with van der Waals surface area (Å²) in [5, 5.41) is 3.84. The largest absolute Gasteiger partial charge is 0.306 e. The van der Waals surface area contributed by atoms with E-state index >= 15 is 0 Å². The monoisotopic (exact) mass is 275 g/mol. The van der Waals surface area contributed by atoms with Crippen LogP contribution in [0.1, 0.15) is 64.4 Å². The molecule has 2 rings (SSSR count). The van der Waals surface area contributed by atoms with Crippen LogP contribution in [0, 0.1) is 24.7 Å². The molecule has 0 aromatic carbocycles. The van der Waals surface area contributed by atoms with E-state index in [4.69, 9.17) is 0 Å². The van der Waals surface area contributed by atoms with E-state index in [9.17, 15) is 0 Å². The molecule has 20 heavy (non-hydrogen) atoms. The molecular weight excluding hydrogens is 246 g/mol. The third-order valence-electron chi connectivity index (χ3n) is 4.82. The van der Waals surface area contributed by atoms with E-state index in [-0.39, 0.29) is 6.04 Å². The Hall–Kier alpha value is -0.960. The molecule has 0 spiro atoms. The summed E-state index contributed by atoms with van der Waals surface area (Å²) in [6, 6.07) is 0.885. The van der Waals surface area contributed by atoms with E-state index in [1.54, 1.807) is 12.4 Å². The number of aryl methyl sites for hydroxylation is 1. The van der Waals surface area contributed by atoms with Crippen molar-refractivity contribution < 1.29 is 0 Å². The Morgan fingerprint density at radius 1 is 1.15 bits per heavy atom. The van der Waals surface area contributed by atoms with Gasteiger partial charge in [-0.3, -0.25) is 9.97 Å². The maximum atomic E-state index is 4.51. The highest BCUT2D eigenvalue weighted by molar-refractivity contribution is 5.12. The molecular formula is C17H29N3. The summed E-state index contributed by atoms with van der Waals surface area (Å²) in [6.07, 6.45) is 7.57. The number of hydrogen-bond acceptors (Lipinski definition) is 3. The molecule has 0 amide bonds. The molecule has 1 aromatic heterocycles. The molecule has 1 fully saturated rings. The third kappa shape index (κ3) is 3.57. The summed E-state index contributed by atoms with van der Waals surface area (Å²) in [6.45, 7) is 11.3. The molecule has 0 aliphatic heterocycles. The van der Waals surface area contributed by atoms with Crippen LogP contribution in [-0.4, -0.2) is 16.0 Å². The summed E-state index contributed by atoms with van der Waals surface area (Å²) in [5.41, 5.74) is 2.13. The predicted molar refractivity (Wildman–Crippen MR) is 83.5 cm³/mol. The zero-order valence-electron chi connectivity index (χ0n) is 13.6. The van der Waals surface area contributed by atoms with Gasteiger partial charge < -0.3 is 5.32 Å². The SMILES string of the molecule is Cc1nccnc1C(C)NC1CC(C)CCC1C(C)C. The lowest BCUT2D eigenvalue weighted by molar-refractivity contribution is 0.160. The van der Waals surface area contributed by atoms with Gasteiger partial charge in [-0.05, 0) is 44.4 Å². The van der Waals surface area contributed by atoms with Crippen molar-refractivity contribution in [3.05, 3.63) is 23.8 Å². The molecule has 1 N–H and O–H groups in total. The van der Waals surface area contributed by atoms with Crippen molar-refractivity contribution >= 4 is 0 Å². The second kappa shape index (κ2) is 6.66. The lowest BCUT2D eigenvalue weighted by Gasteiger charge is -2.39. The molecule has 3 heteroatoms. The van der Waals surface area contributed by atoms with E-state index in [1.807, 2.05) is 6.92 Å². The van der Waals surface area contributed by atoms with Crippen molar-refractivity contribution in [2.75, 3.05) is 0 Å². The minimum absolute atomic E-state index is 0.278. The average molecular weight is 275 g/mol. The minimum atomic E-state index is 0.278. The van der Waals surface area contributed by atoms with Crippen LogP contribution in [-0.2, 0) is 0 Å². The van der Waals surface area contributed by atoms with Crippen LogP contribution in [0.3, 0.4) is 0 Å². The fraction of sp³-hybridized carbons (Fsp3) is 0.765. The van der Waals surface area contributed by atoms with E-state index in [0.717, 1.165) is 29.1 Å². The quantitative estimate of drug-likeness (QED) is 0.905. The van der Waals surface area contributed by atoms with Crippen molar-refractivity contribution in [2.45, 2.75) is 66.0 Å². The summed E-state index contributed by atoms with van der Waals surface area (Å²) in [4.78, 5) is 8.87. The van der Waals surface area contributed by atoms with Crippen LogP contribution in [0.5, 0.6) is 0 Å². The number of aromatic nitrogens is 2. The van der Waals surface area contributed by atoms with Gasteiger partial charge in [0.05, 0.1) is 11.4 Å². The van der Waals surface area contributed by atoms with Crippen molar-refractivity contribution in [3.8, 4) is 0 Å². The van der Waals surface area contributed by atoms with Crippen LogP contribution >= 0.6 is 0 Å². The normalized spacial score (nSPS) is 28.6. The Kier molecular flexibility index (Phi) is 5.14. The van der Waals surface area contributed by atoms with Gasteiger partial charge in [0, 0.05) is 24.5 Å². The Morgan fingerprint density at radius 2 is 1.85 bits per heavy atom. The van der Waals surface area contributed by atoms with Gasteiger partial charge in [-0.15, -0.1) is 0 Å². The van der Waals surface area contributed by atoms with Crippen LogP contribution in [0.2, 0.25) is 0 Å². The first-order valence-electron chi connectivity index (χ1n) is 8.02. The second-order valence-corrected chi connectivity index (χ2v) is 6.85. The van der Waals surface area contributed by atoms with Crippen molar-refractivity contribution in [2.24, 2.45) is 17.8 Å². The Bertz CT molecular complexity index is 430. The molecule has 1 aliphatic rings. The Labute approximate surface area is 123 Å². The van der Waals surface area contributed by atoms with Gasteiger partial charge in [-0.2, -0.15) is 0 Å². The first-order valence-corrected chi connectivity index (χ1v) is 8.02. The van der Waals surface area contributed by atoms with Crippen LogP contribution in [0.4, 0.5) is 0 Å². The second-order valence-electron chi connectivity index (χ2n) is 6.85. The number of nitrogens with one attached hydrogen (secondary N) is 1. The van der Waals surface area contributed by atoms with E-state index in [1.165, 1.54) is 19.3 Å². The van der Waals surface area contributed by atoms with E-state index in [0.29, 0.717) is 6.04 Å². The fourth-order valence-electron chi connectivity index (χ4n) is 3.64. The molecule has 0 bridgehead atoms. The van der Waals surface area contributed by atoms with Gasteiger partial charge in [0.2, 0.25) is 0 Å². The molecule has 1 saturated carbocycles. The maximum absolute atomic E-state index is 4.51. The standard InChI is InChI=1S/C17H29N3/c1-11(2)15-7-6-12(3)10-16(15)20-14(5)17-13(4)18-8-9-19-17/h8-9,11-12,14-16,20H,6-7,10H2,1-5H3. The molecule has 1 aromatic rings. The van der Waals surface area contributed by atoms with Gasteiger partial charge in [0.1, 0.15) is 0 Å². The Balaban J connectivity index is 2.08. The lowest BCUT2D eigenvalue weighted by atomic mass is 9.74. The number of rotatable bonds is 4. The zero-order chi connectivity index (χ0) is 14.7. The first kappa shape index (κ1) is 15.4. The summed E-state index contributed by atoms with van der Waals surface area (Å²) in [7, 11) is 0. The van der Waals surface area contributed by atoms with Crippen molar-refractivity contribution in [3.63, 3.8) is 0 Å². The molecule has 112 valence electrons. The molecule has 0 saturated heterocycles. The van der Waals surface area contributed by atoms with Crippen molar-refractivity contribution in [1.82, 2.24) is 15.3 Å². The number of hydrogen-bond donors (Lipinski definition) is 1. The van der Waals surface area contributed by atoms with E-state index < -0.39 is 0 Å². The highest BCUT2D eigenvalue weighted by atomic mass is 15.0. The van der Waals surface area contributed by atoms with Gasteiger partial charge >= 0.3 is 0 Å². The van der Waals surface area contributed by atoms with Gasteiger partial charge in [-0.25, -0.2) is 0 Å². The van der Waals surface area contributed by atoms with Gasteiger partial charge in [0.25, 0.3) is 0 Å². The average Bonchev–Trinajstić information content (AvgIpc) is 2.38. The zero-order valence-corrected chi connectivity index (χ0v) is 13.6. The molecule has 4 atom stereocenters. The summed E-state index contributed by atoms with van der Waals surface area (Å²) in [5.74, 6) is 2.36. The molecule has 3 nitrogen and oxygen atoms in total. The highest BCUT2D eigenvalue weighted by Gasteiger charge is 2.31. The molecule has 1 heterocycles. The van der Waals surface area contributed by atoms with Gasteiger partial charge in [-0.1, -0.05) is 27.2 Å². The van der Waals surface area contributed by atoms with Crippen LogP contribution in [0.15, 0.2) is 12.4 Å². The maximum Gasteiger partial charge on any atom is 0.0782 e. The van der Waals surface area contributed by atoms with Crippen LogP contribution < -0.4 is 5.32 Å². The summed E-state index contributed by atoms with van der Waals surface area (Å²) >= 11 is 0. The topological polar surface area (TPSA) is 37.8 Å². The van der Waals surface area contributed by atoms with Crippen molar-refractivity contribution in [1.29, 1.82) is 0 Å².